The van der Waals surface area contributed by atoms with Gasteiger partial charge in [0.2, 0.25) is 12.0 Å². The van der Waals surface area contributed by atoms with Crippen molar-refractivity contribution in [3.05, 3.63) is 88.5 Å². The molecule has 2 amide bonds. The Morgan fingerprint density at radius 1 is 0.909 bits per heavy atom. The lowest BCUT2D eigenvalue weighted by Gasteiger charge is -2.31. The highest BCUT2D eigenvalue weighted by Gasteiger charge is 2.52. The summed E-state index contributed by atoms with van der Waals surface area (Å²) in [6, 6.07) is 12.5. The number of fused-ring (bicyclic) bond motifs is 1. The van der Waals surface area contributed by atoms with Crippen molar-refractivity contribution >= 4 is 41.8 Å². The molecular formula is C51H68N2O13. The van der Waals surface area contributed by atoms with Crippen LogP contribution in [0.2, 0.25) is 0 Å². The van der Waals surface area contributed by atoms with E-state index in [0.717, 1.165) is 38.5 Å². The molecule has 2 aromatic rings. The van der Waals surface area contributed by atoms with E-state index in [0.29, 0.717) is 35.1 Å². The summed E-state index contributed by atoms with van der Waals surface area (Å²) in [6.45, 7) is 13.0. The van der Waals surface area contributed by atoms with Crippen molar-refractivity contribution < 1.29 is 62.3 Å². The summed E-state index contributed by atoms with van der Waals surface area (Å²) in [5.74, 6) is -4.08. The van der Waals surface area contributed by atoms with Crippen LogP contribution in [0.4, 0.5) is 0 Å². The minimum absolute atomic E-state index is 0.0241. The van der Waals surface area contributed by atoms with Gasteiger partial charge in [-0.15, -0.1) is 0 Å². The molecule has 2 heterocycles. The Labute approximate surface area is 388 Å². The number of carbonyl (C=O) groups excluding carboxylic acids is 6. The average molecular weight is 917 g/mol. The van der Waals surface area contributed by atoms with Crippen LogP contribution in [0, 0.1) is 5.41 Å². The smallest absolute Gasteiger partial charge is 0.348 e. The monoisotopic (exact) mass is 916 g/mol. The molecule has 0 aromatic heterocycles. The Bertz CT molecular complexity index is 2080. The zero-order valence-corrected chi connectivity index (χ0v) is 39.5. The zero-order chi connectivity index (χ0) is 48.1. The maximum absolute atomic E-state index is 13.9. The fraction of sp³-hybridized carbons (Fsp3) is 0.569. The van der Waals surface area contributed by atoms with E-state index in [2.05, 4.69) is 24.5 Å². The lowest BCUT2D eigenvalue weighted by atomic mass is 9.90. The van der Waals surface area contributed by atoms with Gasteiger partial charge in [-0.1, -0.05) is 77.6 Å². The molecule has 0 bridgehead atoms. The minimum Gasteiger partial charge on any atom is -0.462 e. The third-order valence-corrected chi connectivity index (χ3v) is 11.7. The van der Waals surface area contributed by atoms with Gasteiger partial charge >= 0.3 is 23.9 Å². The molecule has 2 aliphatic heterocycles. The number of nitrogens with one attached hydrogen (secondary N) is 2. The van der Waals surface area contributed by atoms with E-state index in [9.17, 15) is 33.9 Å². The first-order chi connectivity index (χ1) is 31.3. The van der Waals surface area contributed by atoms with Gasteiger partial charge in [0.05, 0.1) is 18.2 Å². The molecular weight excluding hydrogens is 849 g/mol. The molecule has 15 nitrogen and oxygen atoms in total. The first-order valence-corrected chi connectivity index (χ1v) is 23.3. The van der Waals surface area contributed by atoms with Crippen molar-refractivity contribution in [3.63, 3.8) is 0 Å². The molecule has 15 heteroatoms. The van der Waals surface area contributed by atoms with Gasteiger partial charge in [0.15, 0.2) is 5.79 Å². The van der Waals surface area contributed by atoms with E-state index >= 15 is 0 Å². The summed E-state index contributed by atoms with van der Waals surface area (Å²) in [5.41, 5.74) is 0.879. The number of benzene rings is 2. The molecule has 3 N–H and O–H groups in total. The molecule has 0 unspecified atom stereocenters. The first kappa shape index (κ1) is 51.6. The molecule has 360 valence electrons. The second-order valence-electron chi connectivity index (χ2n) is 19.1. The highest BCUT2D eigenvalue weighted by molar-refractivity contribution is 5.96. The Balaban J connectivity index is 1.26. The van der Waals surface area contributed by atoms with Crippen molar-refractivity contribution in [1.29, 1.82) is 0 Å². The fourth-order valence-electron chi connectivity index (χ4n) is 8.07. The van der Waals surface area contributed by atoms with Gasteiger partial charge < -0.3 is 44.2 Å². The summed E-state index contributed by atoms with van der Waals surface area (Å²) in [6.07, 6.45) is 8.70. The third kappa shape index (κ3) is 14.8. The molecule has 3 aliphatic rings. The maximum Gasteiger partial charge on any atom is 0.348 e. The number of carbonyl (C=O) groups is 6. The summed E-state index contributed by atoms with van der Waals surface area (Å²) in [4.78, 5) is 77.7. The molecule has 2 aromatic carbocycles. The van der Waals surface area contributed by atoms with Crippen molar-refractivity contribution in [3.8, 4) is 0 Å². The van der Waals surface area contributed by atoms with Crippen molar-refractivity contribution in [2.24, 2.45) is 5.41 Å². The van der Waals surface area contributed by atoms with E-state index in [1.807, 2.05) is 0 Å². The second-order valence-corrected chi connectivity index (χ2v) is 19.1. The van der Waals surface area contributed by atoms with Gasteiger partial charge in [0.25, 0.3) is 5.91 Å². The standard InChI is InChI=1S/C51H68N2O13/c1-8-10-12-25-51(26-13-11-9-2)64-40-29-37(45(57)52-30-34-15-14-16-36(27-34)46(58)53-38(31-54)22-24-42(56)65-49(3,4)5)28-39(43(40)66-51)62-47(59)35-20-17-33(18-21-35)19-23-41(55)63-44-48(60)61-32-50(44,6)7/h14-21,23,27,29,38-40,43-44,54H,8-13,22,24-26,28,30-32H2,1-7H3,(H,52,57)(H,53,58)/t38-,39+,40+,43-,44-/m0/s1. The van der Waals surface area contributed by atoms with Gasteiger partial charge in [-0.3, -0.25) is 14.4 Å². The van der Waals surface area contributed by atoms with Gasteiger partial charge in [-0.05, 0) is 87.6 Å². The summed E-state index contributed by atoms with van der Waals surface area (Å²) in [5, 5.41) is 15.6. The molecule has 0 saturated carbocycles. The number of ether oxygens (including phenoxy) is 6. The largest absolute Gasteiger partial charge is 0.462 e. The summed E-state index contributed by atoms with van der Waals surface area (Å²) < 4.78 is 35.4. The zero-order valence-electron chi connectivity index (χ0n) is 39.5. The molecule has 2 saturated heterocycles. The number of aliphatic hydroxyl groups is 1. The van der Waals surface area contributed by atoms with Gasteiger partial charge in [-0.2, -0.15) is 0 Å². The fourth-order valence-corrected chi connectivity index (χ4v) is 8.07. The van der Waals surface area contributed by atoms with Crippen LogP contribution in [-0.4, -0.2) is 95.9 Å². The predicted molar refractivity (Wildman–Crippen MR) is 244 cm³/mol. The van der Waals surface area contributed by atoms with Gasteiger partial charge in [0.1, 0.15) is 30.5 Å². The number of hydrogen-bond acceptors (Lipinski definition) is 13. The molecule has 2 fully saturated rings. The predicted octanol–water partition coefficient (Wildman–Crippen LogP) is 7.22. The molecule has 1 aliphatic carbocycles. The van der Waals surface area contributed by atoms with E-state index in [1.165, 1.54) is 12.2 Å². The van der Waals surface area contributed by atoms with E-state index in [4.69, 9.17) is 28.4 Å². The SMILES string of the molecule is CCCCCC1(CCCCC)O[C@@H]2[C@@H](C=C(C(=O)NCc3cccc(C(=O)N[C@H](CO)CCC(=O)OC(C)(C)C)c3)C[C@H]2OC(=O)c2ccc(C=CC(=O)O[C@H]3C(=O)OCC3(C)C)cc2)O1. The number of amides is 2. The quantitative estimate of drug-likeness (QED) is 0.0463. The Morgan fingerprint density at radius 2 is 1.61 bits per heavy atom. The Hall–Kier alpha value is -5.38. The highest BCUT2D eigenvalue weighted by atomic mass is 16.8. The van der Waals surface area contributed by atoms with Crippen LogP contribution in [0.5, 0.6) is 0 Å². The van der Waals surface area contributed by atoms with Crippen LogP contribution in [0.1, 0.15) is 151 Å². The van der Waals surface area contributed by atoms with Crippen LogP contribution in [-0.2, 0) is 54.1 Å². The highest BCUT2D eigenvalue weighted by Crippen LogP contribution is 2.43. The van der Waals surface area contributed by atoms with Crippen LogP contribution in [0.3, 0.4) is 0 Å². The lowest BCUT2D eigenvalue weighted by Crippen LogP contribution is -2.43. The molecule has 66 heavy (non-hydrogen) atoms. The second kappa shape index (κ2) is 23.4. The number of esters is 4. The summed E-state index contributed by atoms with van der Waals surface area (Å²) >= 11 is 0. The van der Waals surface area contributed by atoms with Crippen LogP contribution in [0.15, 0.2) is 66.3 Å². The number of hydrogen-bond donors (Lipinski definition) is 3. The Morgan fingerprint density at radius 3 is 2.23 bits per heavy atom. The van der Waals surface area contributed by atoms with Crippen molar-refractivity contribution in [2.45, 2.75) is 167 Å². The molecule has 0 spiro atoms. The van der Waals surface area contributed by atoms with E-state index < -0.39 is 83.0 Å². The number of aliphatic hydroxyl groups excluding tert-OH is 1. The maximum atomic E-state index is 13.9. The van der Waals surface area contributed by atoms with Crippen LogP contribution < -0.4 is 10.6 Å². The molecule has 0 radical (unpaired) electrons. The number of rotatable bonds is 22. The van der Waals surface area contributed by atoms with Crippen LogP contribution in [0.25, 0.3) is 6.08 Å². The molecule has 5 rings (SSSR count). The van der Waals surface area contributed by atoms with Gasteiger partial charge in [-0.25, -0.2) is 14.4 Å². The lowest BCUT2D eigenvalue weighted by molar-refractivity contribution is -0.190. The number of cyclic esters (lactones) is 1. The first-order valence-electron chi connectivity index (χ1n) is 23.3. The van der Waals surface area contributed by atoms with Crippen LogP contribution >= 0.6 is 0 Å². The third-order valence-electron chi connectivity index (χ3n) is 11.7. The average Bonchev–Trinajstić information content (AvgIpc) is 3.77. The summed E-state index contributed by atoms with van der Waals surface area (Å²) in [7, 11) is 0. The van der Waals surface area contributed by atoms with Gasteiger partial charge in [0, 0.05) is 54.9 Å². The molecule has 5 atom stereocenters. The normalized spacial score (nSPS) is 21.3. The van der Waals surface area contributed by atoms with Crippen molar-refractivity contribution in [1.82, 2.24) is 10.6 Å². The Kier molecular flexibility index (Phi) is 18.3. The van der Waals surface area contributed by atoms with E-state index in [1.54, 1.807) is 89.2 Å². The minimum atomic E-state index is -1.00. The van der Waals surface area contributed by atoms with E-state index in [-0.39, 0.29) is 44.6 Å². The van der Waals surface area contributed by atoms with Crippen molar-refractivity contribution in [2.75, 3.05) is 13.2 Å². The topological polar surface area (TPSA) is 202 Å². The number of unbranched alkanes of at least 4 members (excludes halogenated alkanes) is 4.